The number of hydrogen-bond donors (Lipinski definition) is 1. The molecule has 1 saturated carbocycles. The van der Waals surface area contributed by atoms with Gasteiger partial charge in [0.1, 0.15) is 0 Å². The summed E-state index contributed by atoms with van der Waals surface area (Å²) in [5, 5.41) is 11.8. The molecule has 2 heterocycles. The van der Waals surface area contributed by atoms with Crippen LogP contribution in [0, 0.1) is 11.8 Å². The standard InChI is InChI=1S/C18H19F3N2O2S/c19-18(20,21)12-1-2-13-15(10-26-16(13)8-12)23-5-3-22(4-6-23)9-11-7-14(11)17(24)25/h1-2,8,10-11,14H,3-7,9H2,(H,24,25)/t11?,14-/m0/s1. The lowest BCUT2D eigenvalue weighted by Crippen LogP contribution is -2.47. The molecule has 140 valence electrons. The number of hydrogen-bond acceptors (Lipinski definition) is 4. The van der Waals surface area contributed by atoms with Gasteiger partial charge in [0.2, 0.25) is 0 Å². The number of carbonyl (C=O) groups is 1. The fourth-order valence-corrected chi connectivity index (χ4v) is 4.70. The molecule has 1 aliphatic carbocycles. The average molecular weight is 384 g/mol. The zero-order valence-electron chi connectivity index (χ0n) is 14.0. The highest BCUT2D eigenvalue weighted by molar-refractivity contribution is 7.17. The van der Waals surface area contributed by atoms with Crippen LogP contribution in [-0.4, -0.2) is 48.7 Å². The van der Waals surface area contributed by atoms with E-state index in [9.17, 15) is 18.0 Å². The van der Waals surface area contributed by atoms with Gasteiger partial charge in [-0.2, -0.15) is 13.2 Å². The van der Waals surface area contributed by atoms with E-state index in [0.29, 0.717) is 4.70 Å². The number of thiophene rings is 1. The van der Waals surface area contributed by atoms with E-state index in [-0.39, 0.29) is 11.8 Å². The molecule has 1 aromatic heterocycles. The highest BCUT2D eigenvalue weighted by atomic mass is 32.1. The molecule has 1 aromatic carbocycles. The molecule has 2 fully saturated rings. The summed E-state index contributed by atoms with van der Waals surface area (Å²) in [6, 6.07) is 3.94. The van der Waals surface area contributed by atoms with Crippen molar-refractivity contribution in [2.75, 3.05) is 37.6 Å². The van der Waals surface area contributed by atoms with E-state index in [2.05, 4.69) is 9.80 Å². The molecule has 0 bridgehead atoms. The number of benzene rings is 1. The fraction of sp³-hybridized carbons (Fsp3) is 0.500. The second kappa shape index (κ2) is 6.42. The van der Waals surface area contributed by atoms with Crippen LogP contribution in [0.15, 0.2) is 23.6 Å². The predicted molar refractivity (Wildman–Crippen MR) is 94.7 cm³/mol. The van der Waals surface area contributed by atoms with Crippen LogP contribution in [0.2, 0.25) is 0 Å². The average Bonchev–Trinajstić information content (AvgIpc) is 3.23. The smallest absolute Gasteiger partial charge is 0.416 e. The maximum atomic E-state index is 12.9. The summed E-state index contributed by atoms with van der Waals surface area (Å²) in [4.78, 5) is 15.4. The number of carboxylic acids is 1. The first-order chi connectivity index (χ1) is 12.3. The van der Waals surface area contributed by atoms with Gasteiger partial charge in [0, 0.05) is 48.2 Å². The van der Waals surface area contributed by atoms with Crippen molar-refractivity contribution in [2.24, 2.45) is 11.8 Å². The Morgan fingerprint density at radius 1 is 1.23 bits per heavy atom. The van der Waals surface area contributed by atoms with Crippen LogP contribution in [0.1, 0.15) is 12.0 Å². The maximum Gasteiger partial charge on any atom is 0.416 e. The SMILES string of the molecule is O=C(O)[C@H]1CC1CN1CCN(c2csc3cc(C(F)(F)F)ccc23)CC1. The molecule has 2 atom stereocenters. The number of carboxylic acid groups (broad SMARTS) is 1. The lowest BCUT2D eigenvalue weighted by Gasteiger charge is -2.36. The van der Waals surface area contributed by atoms with Gasteiger partial charge in [-0.25, -0.2) is 0 Å². The minimum atomic E-state index is -4.32. The number of alkyl halides is 3. The molecule has 1 N–H and O–H groups in total. The molecule has 8 heteroatoms. The molecule has 1 saturated heterocycles. The molecule has 4 nitrogen and oxygen atoms in total. The molecule has 0 spiro atoms. The second-order valence-corrected chi connectivity index (χ2v) is 7.97. The summed E-state index contributed by atoms with van der Waals surface area (Å²) in [6.07, 6.45) is -3.55. The molecular formula is C18H19F3N2O2S. The van der Waals surface area contributed by atoms with Crippen molar-refractivity contribution in [3.63, 3.8) is 0 Å². The van der Waals surface area contributed by atoms with Gasteiger partial charge in [0.25, 0.3) is 0 Å². The van der Waals surface area contributed by atoms with E-state index in [1.807, 2.05) is 5.38 Å². The zero-order chi connectivity index (χ0) is 18.5. The van der Waals surface area contributed by atoms with Gasteiger partial charge >= 0.3 is 12.1 Å². The third-order valence-electron chi connectivity index (χ3n) is 5.33. The minimum Gasteiger partial charge on any atom is -0.481 e. The first-order valence-corrected chi connectivity index (χ1v) is 9.49. The number of aliphatic carboxylic acids is 1. The Kier molecular flexibility index (Phi) is 4.35. The molecule has 2 aliphatic rings. The van der Waals surface area contributed by atoms with Gasteiger partial charge in [-0.1, -0.05) is 6.07 Å². The van der Waals surface area contributed by atoms with Crippen LogP contribution in [0.5, 0.6) is 0 Å². The number of fused-ring (bicyclic) bond motifs is 1. The normalized spacial score (nSPS) is 24.2. The van der Waals surface area contributed by atoms with Crippen molar-refractivity contribution in [1.29, 1.82) is 0 Å². The molecule has 2 aromatic rings. The Bertz CT molecular complexity index is 827. The Hall–Kier alpha value is -1.80. The monoisotopic (exact) mass is 384 g/mol. The predicted octanol–water partition coefficient (Wildman–Crippen LogP) is 3.76. The van der Waals surface area contributed by atoms with Gasteiger partial charge in [-0.15, -0.1) is 11.3 Å². The Balaban J connectivity index is 1.41. The van der Waals surface area contributed by atoms with E-state index in [1.165, 1.54) is 17.4 Å². The van der Waals surface area contributed by atoms with Crippen LogP contribution in [0.25, 0.3) is 10.1 Å². The largest absolute Gasteiger partial charge is 0.481 e. The third-order valence-corrected chi connectivity index (χ3v) is 6.26. The summed E-state index contributed by atoms with van der Waals surface area (Å²) in [7, 11) is 0. The van der Waals surface area contributed by atoms with E-state index in [1.54, 1.807) is 6.07 Å². The number of piperazine rings is 1. The highest BCUT2D eigenvalue weighted by Gasteiger charge is 2.44. The lowest BCUT2D eigenvalue weighted by atomic mass is 10.1. The topological polar surface area (TPSA) is 43.8 Å². The highest BCUT2D eigenvalue weighted by Crippen LogP contribution is 2.40. The molecular weight excluding hydrogens is 365 g/mol. The Labute approximate surface area is 152 Å². The van der Waals surface area contributed by atoms with Crippen LogP contribution in [-0.2, 0) is 11.0 Å². The van der Waals surface area contributed by atoms with Crippen LogP contribution < -0.4 is 4.90 Å². The number of rotatable bonds is 4. The Morgan fingerprint density at radius 2 is 1.96 bits per heavy atom. The van der Waals surface area contributed by atoms with Crippen molar-refractivity contribution in [3.05, 3.63) is 29.1 Å². The second-order valence-electron chi connectivity index (χ2n) is 7.06. The van der Waals surface area contributed by atoms with E-state index < -0.39 is 17.7 Å². The third kappa shape index (κ3) is 3.40. The first kappa shape index (κ1) is 17.6. The van der Waals surface area contributed by atoms with Crippen molar-refractivity contribution in [3.8, 4) is 0 Å². The van der Waals surface area contributed by atoms with Crippen LogP contribution in [0.3, 0.4) is 0 Å². The summed E-state index contributed by atoms with van der Waals surface area (Å²) < 4.78 is 39.2. The van der Waals surface area contributed by atoms with Crippen LogP contribution in [0.4, 0.5) is 18.9 Å². The zero-order valence-corrected chi connectivity index (χ0v) is 14.8. The molecule has 0 radical (unpaired) electrons. The quantitative estimate of drug-likeness (QED) is 0.872. The summed E-state index contributed by atoms with van der Waals surface area (Å²) >= 11 is 1.34. The van der Waals surface area contributed by atoms with Crippen molar-refractivity contribution >= 4 is 33.1 Å². The summed E-state index contributed by atoms with van der Waals surface area (Å²) in [5.74, 6) is -0.616. The summed E-state index contributed by atoms with van der Waals surface area (Å²) in [6.45, 7) is 4.13. The van der Waals surface area contributed by atoms with E-state index in [0.717, 1.165) is 56.3 Å². The minimum absolute atomic E-state index is 0.184. The summed E-state index contributed by atoms with van der Waals surface area (Å²) in [5.41, 5.74) is 0.383. The first-order valence-electron chi connectivity index (χ1n) is 8.61. The lowest BCUT2D eigenvalue weighted by molar-refractivity contribution is -0.139. The van der Waals surface area contributed by atoms with Crippen molar-refractivity contribution in [2.45, 2.75) is 12.6 Å². The van der Waals surface area contributed by atoms with Gasteiger partial charge in [0.15, 0.2) is 0 Å². The van der Waals surface area contributed by atoms with Gasteiger partial charge in [-0.05, 0) is 24.5 Å². The van der Waals surface area contributed by atoms with Crippen LogP contribution >= 0.6 is 11.3 Å². The molecule has 0 amide bonds. The molecule has 1 aliphatic heterocycles. The fourth-order valence-electron chi connectivity index (χ4n) is 3.69. The number of halogens is 3. The number of anilines is 1. The van der Waals surface area contributed by atoms with Gasteiger partial charge < -0.3 is 10.0 Å². The number of nitrogens with zero attached hydrogens (tertiary/aromatic N) is 2. The molecule has 4 rings (SSSR count). The van der Waals surface area contributed by atoms with Crippen molar-refractivity contribution < 1.29 is 23.1 Å². The molecule has 26 heavy (non-hydrogen) atoms. The van der Waals surface area contributed by atoms with E-state index in [4.69, 9.17) is 5.11 Å². The molecule has 1 unspecified atom stereocenters. The Morgan fingerprint density at radius 3 is 2.58 bits per heavy atom. The van der Waals surface area contributed by atoms with Crippen molar-refractivity contribution in [1.82, 2.24) is 4.90 Å². The maximum absolute atomic E-state index is 12.9. The van der Waals surface area contributed by atoms with Gasteiger partial charge in [0.05, 0.1) is 17.2 Å². The van der Waals surface area contributed by atoms with E-state index >= 15 is 0 Å². The van der Waals surface area contributed by atoms with Gasteiger partial charge in [-0.3, -0.25) is 9.69 Å².